The van der Waals surface area contributed by atoms with Crippen molar-refractivity contribution in [3.8, 4) is 11.5 Å². The number of anilines is 2. The SMILES string of the molecule is O=C(Nc1ccc(Cl)c(C(F)(F)F)c1)c1cc2n(n1)[C@H](C(F)(F)F)C[C@@H](c1ccc3c(c1)OCO3)N2. The number of carbonyl (C=O) groups excluding carboxylic acids is 1. The maximum absolute atomic E-state index is 13.9. The van der Waals surface area contributed by atoms with E-state index < -0.39 is 53.0 Å². The molecule has 0 aliphatic carbocycles. The van der Waals surface area contributed by atoms with Crippen molar-refractivity contribution in [2.75, 3.05) is 17.4 Å². The number of rotatable bonds is 3. The second-order valence-electron chi connectivity index (χ2n) is 8.11. The monoisotopic (exact) mass is 532 g/mol. The van der Waals surface area contributed by atoms with E-state index in [1.54, 1.807) is 18.2 Å². The van der Waals surface area contributed by atoms with Crippen LogP contribution in [-0.4, -0.2) is 28.7 Å². The first-order chi connectivity index (χ1) is 16.9. The minimum atomic E-state index is -4.76. The average Bonchev–Trinajstić information content (AvgIpc) is 3.44. The van der Waals surface area contributed by atoms with Crippen LogP contribution in [0.5, 0.6) is 11.5 Å². The summed E-state index contributed by atoms with van der Waals surface area (Å²) in [7, 11) is 0. The Morgan fingerprint density at radius 3 is 2.53 bits per heavy atom. The summed E-state index contributed by atoms with van der Waals surface area (Å²) < 4.78 is 92.3. The fourth-order valence-electron chi connectivity index (χ4n) is 4.05. The van der Waals surface area contributed by atoms with Crippen LogP contribution in [0.1, 0.15) is 40.1 Å². The Morgan fingerprint density at radius 2 is 1.81 bits per heavy atom. The zero-order chi connectivity index (χ0) is 25.8. The highest BCUT2D eigenvalue weighted by atomic mass is 35.5. The lowest BCUT2D eigenvalue weighted by atomic mass is 9.96. The van der Waals surface area contributed by atoms with Gasteiger partial charge in [0.05, 0.1) is 16.6 Å². The van der Waals surface area contributed by atoms with Gasteiger partial charge in [-0.1, -0.05) is 17.7 Å². The quantitative estimate of drug-likeness (QED) is 0.393. The van der Waals surface area contributed by atoms with Crippen LogP contribution < -0.4 is 20.1 Å². The van der Waals surface area contributed by atoms with Crippen LogP contribution in [0, 0.1) is 0 Å². The van der Waals surface area contributed by atoms with Crippen molar-refractivity contribution < 1.29 is 40.6 Å². The van der Waals surface area contributed by atoms with Crippen LogP contribution >= 0.6 is 11.6 Å². The van der Waals surface area contributed by atoms with E-state index in [0.717, 1.165) is 18.2 Å². The standard InChI is InChI=1S/C22H15ClF6N4O3/c23-13-3-2-11(6-12(13)21(24,25)26)30-20(34)15-8-19-31-14(7-18(22(27,28)29)33(19)32-15)10-1-4-16-17(5-10)36-9-35-16/h1-6,8,14,18,31H,7,9H2,(H,30,34)/t14-,18-/m0/s1. The molecule has 3 aromatic rings. The van der Waals surface area contributed by atoms with Gasteiger partial charge in [0.2, 0.25) is 6.79 Å². The zero-order valence-electron chi connectivity index (χ0n) is 17.9. The van der Waals surface area contributed by atoms with E-state index in [9.17, 15) is 31.1 Å². The Morgan fingerprint density at radius 1 is 1.06 bits per heavy atom. The molecule has 14 heteroatoms. The number of hydrogen-bond acceptors (Lipinski definition) is 5. The van der Waals surface area contributed by atoms with Gasteiger partial charge in [-0.2, -0.15) is 31.4 Å². The Balaban J connectivity index is 1.43. The molecule has 0 saturated heterocycles. The van der Waals surface area contributed by atoms with E-state index in [2.05, 4.69) is 15.7 Å². The Kier molecular flexibility index (Phi) is 5.69. The summed E-state index contributed by atoms with van der Waals surface area (Å²) in [6.45, 7) is 0.00534. The fraction of sp³-hybridized carbons (Fsp3) is 0.273. The Bertz CT molecular complexity index is 1340. The molecule has 0 spiro atoms. The molecule has 190 valence electrons. The lowest BCUT2D eigenvalue weighted by molar-refractivity contribution is -0.173. The van der Waals surface area contributed by atoms with E-state index in [-0.39, 0.29) is 18.3 Å². The number of halogens is 7. The number of aromatic nitrogens is 2. The zero-order valence-corrected chi connectivity index (χ0v) is 18.6. The molecule has 7 nitrogen and oxygen atoms in total. The predicted octanol–water partition coefficient (Wildman–Crippen LogP) is 6.20. The van der Waals surface area contributed by atoms with Gasteiger partial charge in [-0.15, -0.1) is 0 Å². The number of hydrogen-bond donors (Lipinski definition) is 2. The van der Waals surface area contributed by atoms with Crippen molar-refractivity contribution in [2.45, 2.75) is 30.9 Å². The number of benzene rings is 2. The van der Waals surface area contributed by atoms with Gasteiger partial charge in [0.1, 0.15) is 5.82 Å². The number of ether oxygens (including phenoxy) is 2. The van der Waals surface area contributed by atoms with Crippen molar-refractivity contribution in [2.24, 2.45) is 0 Å². The van der Waals surface area contributed by atoms with Crippen molar-refractivity contribution in [3.05, 3.63) is 64.3 Å². The molecule has 36 heavy (non-hydrogen) atoms. The van der Waals surface area contributed by atoms with Gasteiger partial charge >= 0.3 is 12.4 Å². The topological polar surface area (TPSA) is 77.4 Å². The van der Waals surface area contributed by atoms with Crippen molar-refractivity contribution in [1.82, 2.24) is 9.78 Å². The molecule has 5 rings (SSSR count). The van der Waals surface area contributed by atoms with Crippen LogP contribution in [0.15, 0.2) is 42.5 Å². The number of fused-ring (bicyclic) bond motifs is 2. The molecule has 0 bridgehead atoms. The molecule has 2 aromatic carbocycles. The van der Waals surface area contributed by atoms with Crippen LogP contribution in [0.4, 0.5) is 37.8 Å². The summed E-state index contributed by atoms with van der Waals surface area (Å²) in [5.41, 5.74) is -1.33. The highest BCUT2D eigenvalue weighted by Gasteiger charge is 2.47. The average molecular weight is 533 g/mol. The maximum Gasteiger partial charge on any atom is 0.417 e. The summed E-state index contributed by atoms with van der Waals surface area (Å²) in [6, 6.07) is 5.75. The van der Waals surface area contributed by atoms with Gasteiger partial charge in [-0.25, -0.2) is 4.68 Å². The fourth-order valence-corrected chi connectivity index (χ4v) is 4.27. The van der Waals surface area contributed by atoms with Gasteiger partial charge < -0.3 is 20.1 Å². The lowest BCUT2D eigenvalue weighted by Crippen LogP contribution is -2.35. The molecule has 2 aliphatic heterocycles. The first-order valence-corrected chi connectivity index (χ1v) is 10.8. The molecule has 0 saturated carbocycles. The van der Waals surface area contributed by atoms with Crippen molar-refractivity contribution in [3.63, 3.8) is 0 Å². The van der Waals surface area contributed by atoms with Crippen molar-refractivity contribution >= 4 is 29.0 Å². The molecule has 0 fully saturated rings. The third kappa shape index (κ3) is 4.50. The smallest absolute Gasteiger partial charge is 0.417 e. The molecule has 3 heterocycles. The summed E-state index contributed by atoms with van der Waals surface area (Å²) in [4.78, 5) is 12.7. The molecule has 2 aliphatic rings. The largest absolute Gasteiger partial charge is 0.454 e. The third-order valence-electron chi connectivity index (χ3n) is 5.75. The van der Waals surface area contributed by atoms with E-state index in [1.165, 1.54) is 0 Å². The highest BCUT2D eigenvalue weighted by Crippen LogP contribution is 2.45. The number of nitrogens with zero attached hydrogens (tertiary/aromatic N) is 2. The number of amides is 1. The normalized spacial score (nSPS) is 19.0. The first-order valence-electron chi connectivity index (χ1n) is 10.4. The third-order valence-corrected chi connectivity index (χ3v) is 6.08. The summed E-state index contributed by atoms with van der Waals surface area (Å²) in [6.07, 6.45) is -9.88. The first kappa shape index (κ1) is 24.1. The van der Waals surface area contributed by atoms with E-state index in [0.29, 0.717) is 27.8 Å². The number of nitrogens with one attached hydrogen (secondary N) is 2. The molecule has 1 amide bonds. The maximum atomic E-state index is 13.9. The van der Waals surface area contributed by atoms with Gasteiger partial charge in [0.15, 0.2) is 23.2 Å². The molecular weight excluding hydrogens is 518 g/mol. The molecule has 2 atom stereocenters. The minimum Gasteiger partial charge on any atom is -0.454 e. The predicted molar refractivity (Wildman–Crippen MR) is 115 cm³/mol. The second-order valence-corrected chi connectivity index (χ2v) is 8.52. The van der Waals surface area contributed by atoms with Crippen LogP contribution in [-0.2, 0) is 6.18 Å². The summed E-state index contributed by atoms with van der Waals surface area (Å²) >= 11 is 5.58. The van der Waals surface area contributed by atoms with Crippen molar-refractivity contribution in [1.29, 1.82) is 0 Å². The highest BCUT2D eigenvalue weighted by molar-refractivity contribution is 6.31. The van der Waals surface area contributed by atoms with E-state index in [4.69, 9.17) is 21.1 Å². The van der Waals surface area contributed by atoms with E-state index in [1.807, 2.05) is 0 Å². The van der Waals surface area contributed by atoms with Gasteiger partial charge in [0, 0.05) is 18.2 Å². The van der Waals surface area contributed by atoms with Gasteiger partial charge in [-0.3, -0.25) is 4.79 Å². The van der Waals surface area contributed by atoms with Crippen LogP contribution in [0.25, 0.3) is 0 Å². The minimum absolute atomic E-state index is 0.00534. The number of alkyl halides is 6. The molecular formula is C22H15ClF6N4O3. The molecule has 0 radical (unpaired) electrons. The molecule has 2 N–H and O–H groups in total. The van der Waals surface area contributed by atoms with Crippen LogP contribution in [0.3, 0.4) is 0 Å². The van der Waals surface area contributed by atoms with Gasteiger partial charge in [-0.05, 0) is 35.9 Å². The summed E-state index contributed by atoms with van der Waals surface area (Å²) in [5.74, 6) is -0.196. The molecule has 0 unspecified atom stereocenters. The Hall–Kier alpha value is -3.61. The number of carbonyl (C=O) groups is 1. The van der Waals surface area contributed by atoms with Crippen LogP contribution in [0.2, 0.25) is 5.02 Å². The summed E-state index contributed by atoms with van der Waals surface area (Å²) in [5, 5.41) is 8.39. The molecule has 1 aromatic heterocycles. The Labute approximate surface area is 203 Å². The second kappa shape index (κ2) is 8.50. The lowest BCUT2D eigenvalue weighted by Gasteiger charge is -2.33. The van der Waals surface area contributed by atoms with Gasteiger partial charge in [0.25, 0.3) is 5.91 Å². The van der Waals surface area contributed by atoms with E-state index >= 15 is 0 Å².